The lowest BCUT2D eigenvalue weighted by molar-refractivity contribution is 1.09. The summed E-state index contributed by atoms with van der Waals surface area (Å²) in [6.07, 6.45) is 1.75. The highest BCUT2D eigenvalue weighted by Gasteiger charge is 2.11. The van der Waals surface area contributed by atoms with Gasteiger partial charge < -0.3 is 16.5 Å². The number of anilines is 2. The van der Waals surface area contributed by atoms with E-state index in [0.29, 0.717) is 23.0 Å². The largest absolute Gasteiger partial charge is 0.394 e. The van der Waals surface area contributed by atoms with Gasteiger partial charge in [-0.15, -0.1) is 0 Å². The van der Waals surface area contributed by atoms with Crippen LogP contribution < -0.4 is 11.5 Å². The van der Waals surface area contributed by atoms with Crippen molar-refractivity contribution in [2.75, 3.05) is 11.5 Å². The Bertz CT molecular complexity index is 724. The minimum atomic E-state index is 0.269. The van der Waals surface area contributed by atoms with Gasteiger partial charge in [0.1, 0.15) is 0 Å². The summed E-state index contributed by atoms with van der Waals surface area (Å²) in [5.74, 6) is 1.28. The summed E-state index contributed by atoms with van der Waals surface area (Å²) >= 11 is 0. The number of aryl methyl sites for hydroxylation is 1. The lowest BCUT2D eigenvalue weighted by Crippen LogP contribution is -2.05. The molecule has 100 valence electrons. The molecule has 1 aromatic carbocycles. The maximum absolute atomic E-state index is 5.76. The van der Waals surface area contributed by atoms with Crippen LogP contribution in [0.25, 0.3) is 22.9 Å². The molecule has 0 atom stereocenters. The third-order valence-electron chi connectivity index (χ3n) is 3.04. The van der Waals surface area contributed by atoms with Gasteiger partial charge in [-0.3, -0.25) is 0 Å². The molecule has 0 amide bonds. The Morgan fingerprint density at radius 3 is 2.50 bits per heavy atom. The first kappa shape index (κ1) is 12.2. The van der Waals surface area contributed by atoms with Gasteiger partial charge in [0.15, 0.2) is 17.5 Å². The molecule has 0 aliphatic rings. The first-order valence-corrected chi connectivity index (χ1v) is 6.15. The number of nitrogens with two attached hydrogens (primary N) is 2. The van der Waals surface area contributed by atoms with Crippen molar-refractivity contribution < 1.29 is 0 Å². The van der Waals surface area contributed by atoms with Crippen LogP contribution in [0.2, 0.25) is 0 Å². The van der Waals surface area contributed by atoms with Gasteiger partial charge in [-0.05, 0) is 12.5 Å². The van der Waals surface area contributed by atoms with E-state index in [2.05, 4.69) is 19.9 Å². The molecule has 0 aliphatic heterocycles. The first-order valence-electron chi connectivity index (χ1n) is 6.15. The number of nitrogens with zero attached hydrogens (tertiary/aromatic N) is 3. The summed E-state index contributed by atoms with van der Waals surface area (Å²) in [5.41, 5.74) is 14.5. The number of aromatic amines is 1. The quantitative estimate of drug-likeness (QED) is 0.657. The van der Waals surface area contributed by atoms with E-state index in [0.717, 1.165) is 11.3 Å². The van der Waals surface area contributed by atoms with Crippen LogP contribution in [0.15, 0.2) is 36.5 Å². The molecule has 0 radical (unpaired) electrons. The predicted octanol–water partition coefficient (Wildman–Crippen LogP) is 2.01. The maximum atomic E-state index is 5.76. The summed E-state index contributed by atoms with van der Waals surface area (Å²) in [6, 6.07) is 9.91. The lowest BCUT2D eigenvalue weighted by Gasteiger charge is -2.04. The minimum absolute atomic E-state index is 0.269. The van der Waals surface area contributed by atoms with Crippen molar-refractivity contribution in [1.29, 1.82) is 0 Å². The van der Waals surface area contributed by atoms with Crippen molar-refractivity contribution in [2.24, 2.45) is 0 Å². The molecule has 2 aromatic heterocycles. The molecule has 20 heavy (non-hydrogen) atoms. The molecule has 0 spiro atoms. The number of aromatic nitrogens is 4. The van der Waals surface area contributed by atoms with E-state index in [1.54, 1.807) is 13.1 Å². The van der Waals surface area contributed by atoms with Crippen LogP contribution in [0.1, 0.15) is 5.69 Å². The topological polar surface area (TPSA) is 106 Å². The zero-order chi connectivity index (χ0) is 14.1. The average Bonchev–Trinajstić information content (AvgIpc) is 2.95. The van der Waals surface area contributed by atoms with E-state index in [1.807, 2.05) is 30.3 Å². The molecule has 6 heteroatoms. The Kier molecular flexibility index (Phi) is 2.83. The molecule has 0 unspecified atom stereocenters. The van der Waals surface area contributed by atoms with E-state index in [1.165, 1.54) is 0 Å². The molecule has 0 saturated heterocycles. The second-order valence-corrected chi connectivity index (χ2v) is 4.44. The Labute approximate surface area is 115 Å². The molecule has 5 N–H and O–H groups in total. The van der Waals surface area contributed by atoms with E-state index >= 15 is 0 Å². The van der Waals surface area contributed by atoms with Crippen molar-refractivity contribution in [3.05, 3.63) is 42.2 Å². The lowest BCUT2D eigenvalue weighted by atomic mass is 10.2. The van der Waals surface area contributed by atoms with Gasteiger partial charge >= 0.3 is 0 Å². The van der Waals surface area contributed by atoms with Crippen molar-refractivity contribution in [3.63, 3.8) is 0 Å². The monoisotopic (exact) mass is 266 g/mol. The van der Waals surface area contributed by atoms with Gasteiger partial charge in [-0.25, -0.2) is 15.0 Å². The van der Waals surface area contributed by atoms with E-state index in [-0.39, 0.29) is 5.82 Å². The second-order valence-electron chi connectivity index (χ2n) is 4.44. The van der Waals surface area contributed by atoms with Crippen LogP contribution in [0.3, 0.4) is 0 Å². The SMILES string of the molecule is Cc1nc(-c2ncc(-c3ccccc3)[nH]2)nc(N)c1N. The fraction of sp³-hybridized carbons (Fsp3) is 0.0714. The fourth-order valence-corrected chi connectivity index (χ4v) is 1.91. The van der Waals surface area contributed by atoms with Crippen molar-refractivity contribution in [1.82, 2.24) is 19.9 Å². The van der Waals surface area contributed by atoms with Crippen molar-refractivity contribution in [2.45, 2.75) is 6.92 Å². The van der Waals surface area contributed by atoms with Crippen LogP contribution in [0.5, 0.6) is 0 Å². The predicted molar refractivity (Wildman–Crippen MR) is 78.6 cm³/mol. The molecule has 0 saturated carbocycles. The van der Waals surface area contributed by atoms with E-state index < -0.39 is 0 Å². The fourth-order valence-electron chi connectivity index (χ4n) is 1.91. The molecule has 6 nitrogen and oxygen atoms in total. The average molecular weight is 266 g/mol. The molecule has 2 heterocycles. The summed E-state index contributed by atoms with van der Waals surface area (Å²) in [7, 11) is 0. The first-order chi connectivity index (χ1) is 9.65. The number of hydrogen-bond donors (Lipinski definition) is 3. The van der Waals surface area contributed by atoms with Crippen molar-refractivity contribution in [3.8, 4) is 22.9 Å². The number of H-pyrrole nitrogens is 1. The zero-order valence-corrected chi connectivity index (χ0v) is 11.0. The van der Waals surface area contributed by atoms with Gasteiger partial charge in [-0.2, -0.15) is 0 Å². The summed E-state index contributed by atoms with van der Waals surface area (Å²) < 4.78 is 0. The number of nitrogens with one attached hydrogen (secondary N) is 1. The Morgan fingerprint density at radius 1 is 1.05 bits per heavy atom. The van der Waals surface area contributed by atoms with E-state index in [9.17, 15) is 0 Å². The molecule has 0 fully saturated rings. The molecule has 0 aliphatic carbocycles. The highest BCUT2D eigenvalue weighted by atomic mass is 15.0. The van der Waals surface area contributed by atoms with Gasteiger partial charge in [0.25, 0.3) is 0 Å². The Morgan fingerprint density at radius 2 is 1.80 bits per heavy atom. The van der Waals surface area contributed by atoms with Crippen molar-refractivity contribution >= 4 is 11.5 Å². The van der Waals surface area contributed by atoms with Gasteiger partial charge in [0.05, 0.1) is 23.3 Å². The van der Waals surface area contributed by atoms with Gasteiger partial charge in [-0.1, -0.05) is 30.3 Å². The Hall–Kier alpha value is -2.89. The Balaban J connectivity index is 2.03. The summed E-state index contributed by atoms with van der Waals surface area (Å²) in [4.78, 5) is 15.9. The zero-order valence-electron chi connectivity index (χ0n) is 11.0. The summed E-state index contributed by atoms with van der Waals surface area (Å²) in [6.45, 7) is 1.79. The second kappa shape index (κ2) is 4.65. The third-order valence-corrected chi connectivity index (χ3v) is 3.04. The number of imidazole rings is 1. The maximum Gasteiger partial charge on any atom is 0.198 e. The summed E-state index contributed by atoms with van der Waals surface area (Å²) in [5, 5.41) is 0. The molecule has 3 aromatic rings. The highest BCUT2D eigenvalue weighted by molar-refractivity contribution is 5.66. The van der Waals surface area contributed by atoms with Crippen LogP contribution in [-0.2, 0) is 0 Å². The van der Waals surface area contributed by atoms with E-state index in [4.69, 9.17) is 11.5 Å². The molecular weight excluding hydrogens is 252 g/mol. The number of hydrogen-bond acceptors (Lipinski definition) is 5. The molecule has 0 bridgehead atoms. The number of benzene rings is 1. The molecular formula is C14H14N6. The molecule has 3 rings (SSSR count). The number of rotatable bonds is 2. The van der Waals surface area contributed by atoms with Crippen LogP contribution >= 0.6 is 0 Å². The van der Waals surface area contributed by atoms with Crippen LogP contribution in [0, 0.1) is 6.92 Å². The van der Waals surface area contributed by atoms with Crippen LogP contribution in [0.4, 0.5) is 11.5 Å². The van der Waals surface area contributed by atoms with Gasteiger partial charge in [0.2, 0.25) is 0 Å². The van der Waals surface area contributed by atoms with Crippen LogP contribution in [-0.4, -0.2) is 19.9 Å². The standard InChI is InChI=1S/C14H14N6/c1-8-11(15)12(16)20-14(18-8)13-17-7-10(19-13)9-5-3-2-4-6-9/h2-7H,15H2,1H3,(H,17,19)(H2,16,18,20). The smallest absolute Gasteiger partial charge is 0.198 e. The third kappa shape index (κ3) is 2.07. The highest BCUT2D eigenvalue weighted by Crippen LogP contribution is 2.23. The van der Waals surface area contributed by atoms with Gasteiger partial charge in [0, 0.05) is 0 Å². The minimum Gasteiger partial charge on any atom is -0.394 e. The number of nitrogen functional groups attached to an aromatic ring is 2. The normalized spacial score (nSPS) is 10.7.